The summed E-state index contributed by atoms with van der Waals surface area (Å²) in [4.78, 5) is 28.5. The molecule has 0 aliphatic carbocycles. The molecule has 0 radical (unpaired) electrons. The normalized spacial score (nSPS) is 10.4. The number of carbonyl (C=O) groups is 2. The highest BCUT2D eigenvalue weighted by Crippen LogP contribution is 2.24. The van der Waals surface area contributed by atoms with Crippen LogP contribution in [0.25, 0.3) is 16.7 Å². The summed E-state index contributed by atoms with van der Waals surface area (Å²) < 4.78 is 4.76. The molecule has 126 valence electrons. The third-order valence-corrected chi connectivity index (χ3v) is 3.51. The van der Waals surface area contributed by atoms with Crippen LogP contribution >= 0.6 is 0 Å². The van der Waals surface area contributed by atoms with Crippen molar-refractivity contribution in [3.63, 3.8) is 0 Å². The van der Waals surface area contributed by atoms with E-state index in [0.29, 0.717) is 10.9 Å². The first-order chi connectivity index (χ1) is 12.0. The lowest BCUT2D eigenvalue weighted by Crippen LogP contribution is -2.17. The van der Waals surface area contributed by atoms with Crippen LogP contribution in [0.15, 0.2) is 43.1 Å². The Bertz CT molecular complexity index is 993. The predicted molar refractivity (Wildman–Crippen MR) is 91.3 cm³/mol. The summed E-state index contributed by atoms with van der Waals surface area (Å²) in [7, 11) is 1.25. The molecule has 2 aromatic heterocycles. The first kappa shape index (κ1) is 16.2. The van der Waals surface area contributed by atoms with E-state index in [2.05, 4.69) is 27.1 Å². The van der Waals surface area contributed by atoms with Crippen molar-refractivity contribution in [3.05, 3.63) is 60.1 Å². The predicted octanol–water partition coefficient (Wildman–Crippen LogP) is 2.53. The number of aliphatic hydroxyl groups is 1. The molecule has 3 rings (SSSR count). The Morgan fingerprint density at radius 3 is 2.76 bits per heavy atom. The number of nitrogens with zero attached hydrogens (tertiary/aromatic N) is 2. The number of aromatic nitrogens is 3. The van der Waals surface area contributed by atoms with Crippen molar-refractivity contribution >= 4 is 34.2 Å². The van der Waals surface area contributed by atoms with Crippen molar-refractivity contribution in [1.29, 1.82) is 0 Å². The van der Waals surface area contributed by atoms with E-state index in [4.69, 9.17) is 4.74 Å². The number of fused-ring (bicyclic) bond motifs is 1. The highest BCUT2D eigenvalue weighted by molar-refractivity contribution is 6.09. The molecule has 3 N–H and O–H groups in total. The standard InChI is InChI=1S/C17H14N4O4/c1-9(22)12-4-3-5-13(19-12)16(23)20-15-6-10-8-18-21-14(10)7-11(15)17(24)25-2/h3-8,22H,1H2,2H3,(H,18,21)(H,20,23). The molecule has 8 nitrogen and oxygen atoms in total. The average Bonchev–Trinajstić information content (AvgIpc) is 3.07. The average molecular weight is 338 g/mol. The number of benzene rings is 1. The number of nitrogens with one attached hydrogen (secondary N) is 2. The largest absolute Gasteiger partial charge is 0.506 e. The van der Waals surface area contributed by atoms with Crippen LogP contribution in [0.4, 0.5) is 5.69 Å². The highest BCUT2D eigenvalue weighted by Gasteiger charge is 2.18. The van der Waals surface area contributed by atoms with Gasteiger partial charge in [0.1, 0.15) is 17.1 Å². The maximum Gasteiger partial charge on any atom is 0.340 e. The number of methoxy groups -OCH3 is 1. The summed E-state index contributed by atoms with van der Waals surface area (Å²) in [5.74, 6) is -1.39. The highest BCUT2D eigenvalue weighted by atomic mass is 16.5. The molecule has 0 fully saturated rings. The second-order valence-corrected chi connectivity index (χ2v) is 5.16. The van der Waals surface area contributed by atoms with Crippen molar-refractivity contribution in [1.82, 2.24) is 15.2 Å². The molecule has 0 atom stereocenters. The van der Waals surface area contributed by atoms with Gasteiger partial charge in [-0.3, -0.25) is 9.89 Å². The van der Waals surface area contributed by atoms with Gasteiger partial charge < -0.3 is 15.2 Å². The summed E-state index contributed by atoms with van der Waals surface area (Å²) in [5.41, 5.74) is 1.33. The Morgan fingerprint density at radius 2 is 2.04 bits per heavy atom. The van der Waals surface area contributed by atoms with Gasteiger partial charge in [-0.1, -0.05) is 12.6 Å². The zero-order chi connectivity index (χ0) is 18.0. The molecule has 0 bridgehead atoms. The molecule has 2 heterocycles. The van der Waals surface area contributed by atoms with E-state index in [1.165, 1.54) is 19.2 Å². The lowest BCUT2D eigenvalue weighted by Gasteiger charge is -2.10. The van der Waals surface area contributed by atoms with Crippen LogP contribution in [0.2, 0.25) is 0 Å². The van der Waals surface area contributed by atoms with Crippen molar-refractivity contribution in [2.24, 2.45) is 0 Å². The van der Waals surface area contributed by atoms with E-state index in [1.54, 1.807) is 24.4 Å². The van der Waals surface area contributed by atoms with E-state index >= 15 is 0 Å². The number of aromatic amines is 1. The zero-order valence-electron chi connectivity index (χ0n) is 13.2. The summed E-state index contributed by atoms with van der Waals surface area (Å²) in [6.07, 6.45) is 1.57. The number of amides is 1. The molecule has 8 heteroatoms. The maximum absolute atomic E-state index is 12.5. The van der Waals surface area contributed by atoms with Crippen molar-refractivity contribution < 1.29 is 19.4 Å². The van der Waals surface area contributed by atoms with Crippen molar-refractivity contribution in [3.8, 4) is 0 Å². The Morgan fingerprint density at radius 1 is 1.28 bits per heavy atom. The fourth-order valence-electron chi connectivity index (χ4n) is 2.28. The quantitative estimate of drug-likeness (QED) is 0.497. The van der Waals surface area contributed by atoms with Gasteiger partial charge in [0.25, 0.3) is 5.91 Å². The van der Waals surface area contributed by atoms with Crippen molar-refractivity contribution in [2.75, 3.05) is 12.4 Å². The van der Waals surface area contributed by atoms with Gasteiger partial charge in [0, 0.05) is 5.39 Å². The second-order valence-electron chi connectivity index (χ2n) is 5.16. The molecule has 0 aliphatic heterocycles. The second kappa shape index (κ2) is 6.44. The molecular weight excluding hydrogens is 324 g/mol. The number of ether oxygens (including phenoxy) is 1. The lowest BCUT2D eigenvalue weighted by molar-refractivity contribution is 0.0602. The summed E-state index contributed by atoms with van der Waals surface area (Å²) >= 11 is 0. The Labute approximate surface area is 142 Å². The van der Waals surface area contributed by atoms with Gasteiger partial charge in [-0.15, -0.1) is 0 Å². The Kier molecular flexibility index (Phi) is 4.17. The smallest absolute Gasteiger partial charge is 0.340 e. The number of aliphatic hydroxyl groups excluding tert-OH is 1. The Hall–Kier alpha value is -3.68. The minimum Gasteiger partial charge on any atom is -0.506 e. The number of anilines is 1. The van der Waals surface area contributed by atoms with Gasteiger partial charge >= 0.3 is 5.97 Å². The van der Waals surface area contributed by atoms with Gasteiger partial charge in [-0.2, -0.15) is 5.10 Å². The molecule has 0 spiro atoms. The van der Waals surface area contributed by atoms with Gasteiger partial charge in [0.05, 0.1) is 30.1 Å². The van der Waals surface area contributed by atoms with E-state index in [0.717, 1.165) is 0 Å². The van der Waals surface area contributed by atoms with E-state index in [9.17, 15) is 14.7 Å². The molecule has 0 saturated heterocycles. The molecule has 1 aromatic carbocycles. The molecule has 25 heavy (non-hydrogen) atoms. The molecular formula is C17H14N4O4. The minimum atomic E-state index is -0.600. The fourth-order valence-corrected chi connectivity index (χ4v) is 2.28. The van der Waals surface area contributed by atoms with Crippen LogP contribution in [-0.4, -0.2) is 39.3 Å². The molecule has 0 aliphatic rings. The van der Waals surface area contributed by atoms with Crippen molar-refractivity contribution in [2.45, 2.75) is 0 Å². The van der Waals surface area contributed by atoms with Crippen LogP contribution in [0.3, 0.4) is 0 Å². The number of pyridine rings is 1. The van der Waals surface area contributed by atoms with Gasteiger partial charge in [-0.25, -0.2) is 9.78 Å². The fraction of sp³-hybridized carbons (Fsp3) is 0.0588. The number of rotatable bonds is 4. The number of hydrogen-bond donors (Lipinski definition) is 3. The van der Waals surface area contributed by atoms with Crippen LogP contribution < -0.4 is 5.32 Å². The summed E-state index contributed by atoms with van der Waals surface area (Å²) in [6, 6.07) is 7.73. The topological polar surface area (TPSA) is 117 Å². The summed E-state index contributed by atoms with van der Waals surface area (Å²) in [6.45, 7) is 3.38. The molecule has 1 amide bonds. The zero-order valence-corrected chi connectivity index (χ0v) is 13.2. The third-order valence-electron chi connectivity index (χ3n) is 3.51. The van der Waals surface area contributed by atoms with Crippen LogP contribution in [0.5, 0.6) is 0 Å². The number of esters is 1. The maximum atomic E-state index is 12.5. The monoisotopic (exact) mass is 338 g/mol. The summed E-state index contributed by atoms with van der Waals surface area (Å²) in [5, 5.41) is 19.4. The van der Waals surface area contributed by atoms with Gasteiger partial charge in [-0.05, 0) is 24.3 Å². The van der Waals surface area contributed by atoms with Gasteiger partial charge in [0.2, 0.25) is 0 Å². The van der Waals surface area contributed by atoms with Gasteiger partial charge in [0.15, 0.2) is 0 Å². The third kappa shape index (κ3) is 3.18. The lowest BCUT2D eigenvalue weighted by atomic mass is 10.1. The first-order valence-electron chi connectivity index (χ1n) is 7.21. The first-order valence-corrected chi connectivity index (χ1v) is 7.21. The SMILES string of the molecule is C=C(O)c1cccc(C(=O)Nc2cc3cn[nH]c3cc2C(=O)OC)n1. The van der Waals surface area contributed by atoms with Crippen LogP contribution in [0, 0.1) is 0 Å². The molecule has 0 unspecified atom stereocenters. The van der Waals surface area contributed by atoms with E-state index < -0.39 is 11.9 Å². The number of H-pyrrole nitrogens is 1. The minimum absolute atomic E-state index is 0.0656. The molecule has 3 aromatic rings. The van der Waals surface area contributed by atoms with E-state index in [-0.39, 0.29) is 28.4 Å². The van der Waals surface area contributed by atoms with E-state index in [1.807, 2.05) is 0 Å². The van der Waals surface area contributed by atoms with Crippen LogP contribution in [-0.2, 0) is 4.74 Å². The number of hydrogen-bond acceptors (Lipinski definition) is 6. The molecule has 0 saturated carbocycles. The number of carbonyl (C=O) groups excluding carboxylic acids is 2. The van der Waals surface area contributed by atoms with Crippen LogP contribution in [0.1, 0.15) is 26.5 Å². The Balaban J connectivity index is 1.98.